The van der Waals surface area contributed by atoms with Gasteiger partial charge in [0.05, 0.1) is 35.5 Å². The van der Waals surface area contributed by atoms with Crippen LogP contribution in [0.15, 0.2) is 48.7 Å². The van der Waals surface area contributed by atoms with Crippen molar-refractivity contribution in [2.75, 3.05) is 36.1 Å². The third-order valence-corrected chi connectivity index (χ3v) is 6.98. The minimum Gasteiger partial charge on any atom is -0.471 e. The SMILES string of the molecule is Cc1cc(C2OC=C(C(N)=O)N2c2cc3sc(N4CCOCC4)nc3nc2-c2cn[nH]c2)ccn1. The average Bonchev–Trinajstić information content (AvgIpc) is 3.63. The summed E-state index contributed by atoms with van der Waals surface area (Å²) >= 11 is 1.55. The highest BCUT2D eigenvalue weighted by Crippen LogP contribution is 2.43. The fourth-order valence-electron chi connectivity index (χ4n) is 4.26. The Morgan fingerprint density at radius 3 is 2.86 bits per heavy atom. The summed E-state index contributed by atoms with van der Waals surface area (Å²) in [7, 11) is 0. The van der Waals surface area contributed by atoms with Crippen LogP contribution in [0, 0.1) is 6.92 Å². The van der Waals surface area contributed by atoms with Gasteiger partial charge in [-0.1, -0.05) is 11.3 Å². The molecule has 0 aromatic carbocycles. The minimum atomic E-state index is -0.615. The van der Waals surface area contributed by atoms with E-state index in [9.17, 15) is 4.79 Å². The molecule has 1 atom stereocenters. The molecule has 6 heterocycles. The number of fused-ring (bicyclic) bond motifs is 1. The first-order valence-corrected chi connectivity index (χ1v) is 11.9. The average molecular weight is 491 g/mol. The molecule has 0 saturated carbocycles. The number of hydrogen-bond acceptors (Lipinski definition) is 10. The molecule has 1 fully saturated rings. The van der Waals surface area contributed by atoms with Crippen molar-refractivity contribution in [3.05, 3.63) is 60.0 Å². The van der Waals surface area contributed by atoms with Crippen LogP contribution >= 0.6 is 11.3 Å². The highest BCUT2D eigenvalue weighted by Gasteiger charge is 2.36. The number of primary amides is 1. The van der Waals surface area contributed by atoms with Crippen LogP contribution in [0.25, 0.3) is 21.6 Å². The van der Waals surface area contributed by atoms with Gasteiger partial charge in [-0.05, 0) is 25.1 Å². The summed E-state index contributed by atoms with van der Waals surface area (Å²) in [5.74, 6) is -0.602. The smallest absolute Gasteiger partial charge is 0.268 e. The Kier molecular flexibility index (Phi) is 5.30. The van der Waals surface area contributed by atoms with E-state index >= 15 is 0 Å². The Balaban J connectivity index is 1.52. The molecule has 0 bridgehead atoms. The first-order chi connectivity index (χ1) is 17.1. The Bertz CT molecular complexity index is 1430. The molecular formula is C23H22N8O3S. The molecule has 35 heavy (non-hydrogen) atoms. The number of amides is 1. The van der Waals surface area contributed by atoms with Crippen molar-refractivity contribution >= 4 is 38.4 Å². The van der Waals surface area contributed by atoms with Crippen LogP contribution in [0.2, 0.25) is 0 Å². The number of morpholine rings is 1. The van der Waals surface area contributed by atoms with E-state index in [2.05, 4.69) is 20.1 Å². The summed E-state index contributed by atoms with van der Waals surface area (Å²) in [6.07, 6.45) is 5.94. The fourth-order valence-corrected chi connectivity index (χ4v) is 5.26. The Hall–Kier alpha value is -4.03. The number of rotatable bonds is 5. The Labute approximate surface area is 204 Å². The normalized spacial score (nSPS) is 18.1. The highest BCUT2D eigenvalue weighted by molar-refractivity contribution is 7.22. The summed E-state index contributed by atoms with van der Waals surface area (Å²) in [5, 5.41) is 7.82. The van der Waals surface area contributed by atoms with Crippen molar-refractivity contribution in [3.63, 3.8) is 0 Å². The van der Waals surface area contributed by atoms with Gasteiger partial charge in [0.25, 0.3) is 5.91 Å². The van der Waals surface area contributed by atoms with Crippen LogP contribution < -0.4 is 15.5 Å². The van der Waals surface area contributed by atoms with Gasteiger partial charge in [-0.2, -0.15) is 10.1 Å². The molecule has 1 amide bonds. The van der Waals surface area contributed by atoms with E-state index in [4.69, 9.17) is 25.2 Å². The summed E-state index contributed by atoms with van der Waals surface area (Å²) < 4.78 is 12.3. The minimum absolute atomic E-state index is 0.230. The van der Waals surface area contributed by atoms with Gasteiger partial charge in [0, 0.05) is 42.3 Å². The van der Waals surface area contributed by atoms with Gasteiger partial charge < -0.3 is 20.1 Å². The van der Waals surface area contributed by atoms with Crippen LogP contribution in [-0.2, 0) is 14.3 Å². The van der Waals surface area contributed by atoms with Crippen LogP contribution in [0.4, 0.5) is 10.8 Å². The van der Waals surface area contributed by atoms with Crippen molar-refractivity contribution in [3.8, 4) is 11.3 Å². The largest absolute Gasteiger partial charge is 0.471 e. The number of pyridine rings is 2. The zero-order valence-electron chi connectivity index (χ0n) is 18.8. The molecule has 1 saturated heterocycles. The van der Waals surface area contributed by atoms with E-state index in [1.807, 2.05) is 25.1 Å². The lowest BCUT2D eigenvalue weighted by atomic mass is 10.1. The molecule has 0 radical (unpaired) electrons. The number of carbonyl (C=O) groups excluding carboxylic acids is 1. The van der Waals surface area contributed by atoms with Crippen molar-refractivity contribution in [1.29, 1.82) is 0 Å². The molecule has 2 aliphatic heterocycles. The van der Waals surface area contributed by atoms with Crippen molar-refractivity contribution in [1.82, 2.24) is 25.1 Å². The number of hydrogen-bond donors (Lipinski definition) is 2. The van der Waals surface area contributed by atoms with E-state index in [1.165, 1.54) is 6.26 Å². The Morgan fingerprint density at radius 2 is 2.11 bits per heavy atom. The number of nitrogens with one attached hydrogen (secondary N) is 1. The first kappa shape index (κ1) is 21.5. The van der Waals surface area contributed by atoms with E-state index in [1.54, 1.807) is 34.8 Å². The van der Waals surface area contributed by atoms with E-state index in [0.29, 0.717) is 30.2 Å². The van der Waals surface area contributed by atoms with Gasteiger partial charge in [-0.15, -0.1) is 0 Å². The van der Waals surface area contributed by atoms with Gasteiger partial charge in [-0.3, -0.25) is 19.8 Å². The maximum atomic E-state index is 12.5. The molecule has 4 aromatic rings. The van der Waals surface area contributed by atoms with Crippen molar-refractivity contribution in [2.45, 2.75) is 13.2 Å². The first-order valence-electron chi connectivity index (χ1n) is 11.1. The Morgan fingerprint density at radius 1 is 1.26 bits per heavy atom. The lowest BCUT2D eigenvalue weighted by Gasteiger charge is -2.28. The number of aryl methyl sites for hydroxylation is 1. The highest BCUT2D eigenvalue weighted by atomic mass is 32.1. The monoisotopic (exact) mass is 490 g/mol. The summed E-state index contributed by atoms with van der Waals surface area (Å²) in [5.41, 5.74) is 10.3. The van der Waals surface area contributed by atoms with Gasteiger partial charge in [0.2, 0.25) is 6.23 Å². The molecule has 11 nitrogen and oxygen atoms in total. The number of aromatic amines is 1. The number of aromatic nitrogens is 5. The summed E-state index contributed by atoms with van der Waals surface area (Å²) in [6, 6.07) is 5.76. The number of nitrogens with zero attached hydrogens (tertiary/aromatic N) is 6. The molecular weight excluding hydrogens is 468 g/mol. The van der Waals surface area contributed by atoms with Gasteiger partial charge in [0.1, 0.15) is 12.0 Å². The maximum absolute atomic E-state index is 12.5. The molecule has 4 aromatic heterocycles. The molecule has 0 aliphatic carbocycles. The van der Waals surface area contributed by atoms with E-state index in [0.717, 1.165) is 39.7 Å². The molecule has 3 N–H and O–H groups in total. The predicted octanol–water partition coefficient (Wildman–Crippen LogP) is 2.48. The van der Waals surface area contributed by atoms with Crippen molar-refractivity contribution < 1.29 is 14.3 Å². The molecule has 2 aliphatic rings. The molecule has 1 unspecified atom stereocenters. The number of nitrogens with two attached hydrogens (primary N) is 1. The standard InChI is InChI=1S/C23H22N8O3S/c1-13-8-14(2-3-25-13)22-31(17(12-34-22)20(24)32)16-9-18-21(28-19(16)15-10-26-27-11-15)29-23(35-18)30-4-6-33-7-5-30/h2-3,8-12,22H,4-7H2,1H3,(H2,24,32)(H,26,27). The van der Waals surface area contributed by atoms with Crippen LogP contribution in [0.1, 0.15) is 17.5 Å². The predicted molar refractivity (Wildman–Crippen MR) is 131 cm³/mol. The van der Waals surface area contributed by atoms with Crippen molar-refractivity contribution in [2.24, 2.45) is 5.73 Å². The fraction of sp³-hybridized carbons (Fsp3) is 0.261. The summed E-state index contributed by atoms with van der Waals surface area (Å²) in [6.45, 7) is 4.79. The number of thiazole rings is 1. The van der Waals surface area contributed by atoms with Gasteiger partial charge >= 0.3 is 0 Å². The van der Waals surface area contributed by atoms with E-state index in [-0.39, 0.29) is 5.70 Å². The van der Waals surface area contributed by atoms with Gasteiger partial charge in [0.15, 0.2) is 10.8 Å². The number of H-pyrrole nitrogens is 1. The second-order valence-corrected chi connectivity index (χ2v) is 9.23. The lowest BCUT2D eigenvalue weighted by Crippen LogP contribution is -2.36. The molecule has 178 valence electrons. The molecule has 6 rings (SSSR count). The molecule has 0 spiro atoms. The zero-order chi connectivity index (χ0) is 23.9. The lowest BCUT2D eigenvalue weighted by molar-refractivity contribution is -0.114. The van der Waals surface area contributed by atoms with E-state index < -0.39 is 12.1 Å². The summed E-state index contributed by atoms with van der Waals surface area (Å²) in [4.78, 5) is 30.4. The number of anilines is 2. The quantitative estimate of drug-likeness (QED) is 0.432. The maximum Gasteiger partial charge on any atom is 0.268 e. The van der Waals surface area contributed by atoms with Crippen LogP contribution in [0.5, 0.6) is 0 Å². The van der Waals surface area contributed by atoms with Crippen LogP contribution in [-0.4, -0.2) is 57.4 Å². The number of carbonyl (C=O) groups is 1. The zero-order valence-corrected chi connectivity index (χ0v) is 19.7. The molecule has 12 heteroatoms. The second kappa shape index (κ2) is 8.64. The van der Waals surface area contributed by atoms with Gasteiger partial charge in [-0.25, -0.2) is 4.98 Å². The third kappa shape index (κ3) is 3.86. The third-order valence-electron chi connectivity index (χ3n) is 5.93. The second-order valence-electron chi connectivity index (χ2n) is 8.22. The number of ether oxygens (including phenoxy) is 2. The topological polar surface area (TPSA) is 135 Å². The van der Waals surface area contributed by atoms with Crippen LogP contribution in [0.3, 0.4) is 0 Å².